The molecule has 0 spiro atoms. The molecule has 0 atom stereocenters. The molecule has 1 fully saturated rings. The molecule has 0 aromatic rings. The Labute approximate surface area is 53.8 Å². The fourth-order valence-electron chi connectivity index (χ4n) is 0.881. The molecule has 0 saturated heterocycles. The minimum absolute atomic E-state index is 1.11. The minimum atomic E-state index is 1.11. The molecule has 0 bridgehead atoms. The zero-order chi connectivity index (χ0) is 5.82. The zero-order valence-electron chi connectivity index (χ0n) is 5.56. The molecular formula is C7H14P. The van der Waals surface area contributed by atoms with Crippen molar-refractivity contribution in [2.45, 2.75) is 38.3 Å². The van der Waals surface area contributed by atoms with Crippen molar-refractivity contribution in [3.05, 3.63) is 0 Å². The van der Waals surface area contributed by atoms with Crippen LogP contribution in [0.4, 0.5) is 0 Å². The minimum Gasteiger partial charge on any atom is -0.0775 e. The third-order valence-electron chi connectivity index (χ3n) is 1.69. The number of hydrogen-bond donors (Lipinski definition) is 0. The molecule has 0 nitrogen and oxygen atoms in total. The van der Waals surface area contributed by atoms with Crippen molar-refractivity contribution in [2.24, 2.45) is 0 Å². The van der Waals surface area contributed by atoms with Crippen LogP contribution < -0.4 is 0 Å². The van der Waals surface area contributed by atoms with Gasteiger partial charge in [0.25, 0.3) is 0 Å². The first-order valence-electron chi connectivity index (χ1n) is 3.60. The summed E-state index contributed by atoms with van der Waals surface area (Å²) in [7, 11) is 1.73. The zero-order valence-corrected chi connectivity index (χ0v) is 6.45. The van der Waals surface area contributed by atoms with Crippen LogP contribution in [0.1, 0.15) is 32.6 Å². The number of hydrogen-bond acceptors (Lipinski definition) is 0. The fraction of sp³-hybridized carbons (Fsp3) is 1.00. The second-order valence-electron chi connectivity index (χ2n) is 2.49. The predicted molar refractivity (Wildman–Crippen MR) is 39.7 cm³/mol. The van der Waals surface area contributed by atoms with E-state index in [0.717, 1.165) is 5.66 Å². The standard InChI is InChI=1S/C7H14P/c1-2-6-8-7-4-3-5-7/h7H,2-6H2,1H3. The van der Waals surface area contributed by atoms with Gasteiger partial charge in [0.05, 0.1) is 0 Å². The fourth-order valence-corrected chi connectivity index (χ4v) is 2.23. The van der Waals surface area contributed by atoms with Crippen molar-refractivity contribution in [1.82, 2.24) is 0 Å². The molecule has 1 radical (unpaired) electrons. The molecule has 1 saturated carbocycles. The van der Waals surface area contributed by atoms with Gasteiger partial charge in [-0.15, -0.1) is 0 Å². The summed E-state index contributed by atoms with van der Waals surface area (Å²) in [4.78, 5) is 0. The average molecular weight is 129 g/mol. The SMILES string of the molecule is CCC[P]C1CCC1. The van der Waals surface area contributed by atoms with E-state index in [9.17, 15) is 0 Å². The van der Waals surface area contributed by atoms with Crippen LogP contribution in [0.5, 0.6) is 0 Å². The summed E-state index contributed by atoms with van der Waals surface area (Å²) in [6, 6.07) is 0. The van der Waals surface area contributed by atoms with Gasteiger partial charge in [-0.25, -0.2) is 0 Å². The van der Waals surface area contributed by atoms with Crippen molar-refractivity contribution in [2.75, 3.05) is 6.16 Å². The first-order chi connectivity index (χ1) is 3.93. The van der Waals surface area contributed by atoms with Gasteiger partial charge in [-0.1, -0.05) is 28.3 Å². The molecule has 1 rings (SSSR count). The van der Waals surface area contributed by atoms with Gasteiger partial charge >= 0.3 is 0 Å². The van der Waals surface area contributed by atoms with Crippen LogP contribution in [0, 0.1) is 0 Å². The summed E-state index contributed by atoms with van der Waals surface area (Å²) in [6.07, 6.45) is 7.34. The van der Waals surface area contributed by atoms with E-state index < -0.39 is 0 Å². The van der Waals surface area contributed by atoms with Gasteiger partial charge in [0.15, 0.2) is 0 Å². The van der Waals surface area contributed by atoms with Gasteiger partial charge in [-0.2, -0.15) is 0 Å². The molecule has 47 valence electrons. The van der Waals surface area contributed by atoms with Crippen molar-refractivity contribution in [3.8, 4) is 0 Å². The molecule has 0 unspecified atom stereocenters. The Morgan fingerprint density at radius 2 is 2.25 bits per heavy atom. The normalized spacial score (nSPS) is 22.1. The molecule has 0 heterocycles. The van der Waals surface area contributed by atoms with Crippen LogP contribution in [-0.4, -0.2) is 11.8 Å². The van der Waals surface area contributed by atoms with E-state index in [2.05, 4.69) is 6.92 Å². The van der Waals surface area contributed by atoms with Crippen LogP contribution >= 0.6 is 8.58 Å². The predicted octanol–water partition coefficient (Wildman–Crippen LogP) is 2.90. The van der Waals surface area contributed by atoms with Crippen LogP contribution in [0.25, 0.3) is 0 Å². The smallest absolute Gasteiger partial charge is 0.0170 e. The highest BCUT2D eigenvalue weighted by molar-refractivity contribution is 7.38. The second kappa shape index (κ2) is 3.45. The first-order valence-corrected chi connectivity index (χ1v) is 4.75. The molecule has 0 aliphatic heterocycles. The summed E-state index contributed by atoms with van der Waals surface area (Å²) in [6.45, 7) is 2.27. The summed E-state index contributed by atoms with van der Waals surface area (Å²) < 4.78 is 0. The van der Waals surface area contributed by atoms with Crippen molar-refractivity contribution >= 4 is 8.58 Å². The third kappa shape index (κ3) is 1.74. The van der Waals surface area contributed by atoms with E-state index >= 15 is 0 Å². The highest BCUT2D eigenvalue weighted by Gasteiger charge is 2.16. The highest BCUT2D eigenvalue weighted by Crippen LogP contribution is 2.35. The van der Waals surface area contributed by atoms with E-state index in [1.807, 2.05) is 0 Å². The molecule has 0 amide bonds. The molecule has 0 N–H and O–H groups in total. The Morgan fingerprint density at radius 1 is 1.50 bits per heavy atom. The quantitative estimate of drug-likeness (QED) is 0.514. The third-order valence-corrected chi connectivity index (χ3v) is 3.42. The van der Waals surface area contributed by atoms with Crippen molar-refractivity contribution in [1.29, 1.82) is 0 Å². The first kappa shape index (κ1) is 6.55. The molecule has 1 heteroatoms. The largest absolute Gasteiger partial charge is 0.0775 e. The van der Waals surface area contributed by atoms with Crippen molar-refractivity contribution < 1.29 is 0 Å². The van der Waals surface area contributed by atoms with E-state index in [-0.39, 0.29) is 0 Å². The second-order valence-corrected chi connectivity index (χ2v) is 4.03. The van der Waals surface area contributed by atoms with Gasteiger partial charge in [0, 0.05) is 0 Å². The lowest BCUT2D eigenvalue weighted by atomic mass is 10.00. The molecule has 0 aromatic heterocycles. The summed E-state index contributed by atoms with van der Waals surface area (Å²) >= 11 is 0. The molecule has 0 aromatic carbocycles. The maximum absolute atomic E-state index is 2.27. The Morgan fingerprint density at radius 3 is 2.62 bits per heavy atom. The Kier molecular flexibility index (Phi) is 2.83. The van der Waals surface area contributed by atoms with E-state index in [1.54, 1.807) is 8.58 Å². The molecule has 8 heavy (non-hydrogen) atoms. The number of rotatable bonds is 3. The van der Waals surface area contributed by atoms with Crippen LogP contribution in [0.3, 0.4) is 0 Å². The lowest BCUT2D eigenvalue weighted by Crippen LogP contribution is -2.11. The van der Waals surface area contributed by atoms with E-state index in [1.165, 1.54) is 31.8 Å². The van der Waals surface area contributed by atoms with E-state index in [0.29, 0.717) is 0 Å². The van der Waals surface area contributed by atoms with Gasteiger partial charge in [0.1, 0.15) is 0 Å². The summed E-state index contributed by atoms with van der Waals surface area (Å²) in [5.74, 6) is 0. The van der Waals surface area contributed by atoms with E-state index in [4.69, 9.17) is 0 Å². The van der Waals surface area contributed by atoms with Crippen molar-refractivity contribution in [3.63, 3.8) is 0 Å². The molecule has 1 aliphatic carbocycles. The molecule has 1 aliphatic rings. The maximum atomic E-state index is 2.27. The van der Waals surface area contributed by atoms with Gasteiger partial charge in [-0.3, -0.25) is 0 Å². The lowest BCUT2D eigenvalue weighted by molar-refractivity contribution is 0.517. The van der Waals surface area contributed by atoms with Gasteiger partial charge in [-0.05, 0) is 24.7 Å². The Balaban J connectivity index is 1.86. The van der Waals surface area contributed by atoms with Gasteiger partial charge < -0.3 is 0 Å². The van der Waals surface area contributed by atoms with Crippen LogP contribution in [0.2, 0.25) is 0 Å². The highest BCUT2D eigenvalue weighted by atomic mass is 31.1. The maximum Gasteiger partial charge on any atom is -0.0170 e. The summed E-state index contributed by atoms with van der Waals surface area (Å²) in [5.41, 5.74) is 1.11. The Hall–Kier alpha value is 0.430. The molecular weight excluding hydrogens is 115 g/mol. The topological polar surface area (TPSA) is 0 Å². The summed E-state index contributed by atoms with van der Waals surface area (Å²) in [5, 5.41) is 0. The van der Waals surface area contributed by atoms with Crippen LogP contribution in [0.15, 0.2) is 0 Å². The van der Waals surface area contributed by atoms with Crippen LogP contribution in [-0.2, 0) is 0 Å². The average Bonchev–Trinajstić information content (AvgIpc) is 1.63. The monoisotopic (exact) mass is 129 g/mol. The lowest BCUT2D eigenvalue weighted by Gasteiger charge is -2.23. The van der Waals surface area contributed by atoms with Gasteiger partial charge in [0.2, 0.25) is 0 Å². The Bertz CT molecular complexity index is 57.4.